The van der Waals surface area contributed by atoms with E-state index in [0.29, 0.717) is 11.1 Å². The summed E-state index contributed by atoms with van der Waals surface area (Å²) >= 11 is 3.33. The van der Waals surface area contributed by atoms with Crippen LogP contribution < -0.4 is 10.1 Å². The van der Waals surface area contributed by atoms with Crippen LogP contribution in [0.4, 0.5) is 4.39 Å². The van der Waals surface area contributed by atoms with E-state index in [2.05, 4.69) is 15.7 Å². The third kappa shape index (κ3) is 5.11. The molecule has 3 aromatic rings. The Morgan fingerprint density at radius 3 is 2.64 bits per heavy atom. The molecule has 0 saturated carbocycles. The Kier molecular flexibility index (Phi) is 6.70. The molecule has 0 bridgehead atoms. The number of ether oxygens (including phenoxy) is 1. The van der Waals surface area contributed by atoms with Crippen LogP contribution in [0.3, 0.4) is 0 Å². The van der Waals surface area contributed by atoms with Crippen molar-refractivity contribution in [3.05, 3.63) is 75.5 Å². The summed E-state index contributed by atoms with van der Waals surface area (Å²) in [5.41, 5.74) is 2.31. The van der Waals surface area contributed by atoms with E-state index in [0.717, 1.165) is 21.3 Å². The monoisotopic (exact) mass is 416 g/mol. The first-order chi connectivity index (χ1) is 13.5. The van der Waals surface area contributed by atoms with Crippen molar-refractivity contribution in [2.24, 2.45) is 0 Å². The lowest BCUT2D eigenvalue weighted by Crippen LogP contribution is -2.26. The fourth-order valence-electron chi connectivity index (χ4n) is 2.65. The standard InChI is InChI=1S/C21H21FN2O2S2/c1-13(16-6-9-20(26-3)19(22)10-16)23-21(25)15-4-7-18(8-5-15)28-12-17-11-27-14(2)24-17/h4-11,13H,12H2,1-3H3,(H,23,25)/t13-/m1/s1. The van der Waals surface area contributed by atoms with Crippen LogP contribution in [0.5, 0.6) is 5.75 Å². The molecule has 0 saturated heterocycles. The quantitative estimate of drug-likeness (QED) is 0.525. The van der Waals surface area contributed by atoms with Gasteiger partial charge in [0.2, 0.25) is 0 Å². The number of rotatable bonds is 7. The number of methoxy groups -OCH3 is 1. The molecule has 28 heavy (non-hydrogen) atoms. The van der Waals surface area contributed by atoms with E-state index in [9.17, 15) is 9.18 Å². The lowest BCUT2D eigenvalue weighted by atomic mass is 10.1. The van der Waals surface area contributed by atoms with Crippen LogP contribution in [-0.4, -0.2) is 18.0 Å². The zero-order valence-corrected chi connectivity index (χ0v) is 17.5. The molecule has 7 heteroatoms. The summed E-state index contributed by atoms with van der Waals surface area (Å²) in [7, 11) is 1.42. The lowest BCUT2D eigenvalue weighted by Gasteiger charge is -2.15. The molecule has 1 atom stereocenters. The number of thioether (sulfide) groups is 1. The summed E-state index contributed by atoms with van der Waals surface area (Å²) in [6.07, 6.45) is 0. The molecule has 1 N–H and O–H groups in total. The molecule has 1 amide bonds. The maximum atomic E-state index is 13.9. The predicted molar refractivity (Wildman–Crippen MR) is 112 cm³/mol. The summed E-state index contributed by atoms with van der Waals surface area (Å²) in [6.45, 7) is 3.81. The Labute approximate surface area is 172 Å². The van der Waals surface area contributed by atoms with Gasteiger partial charge in [0, 0.05) is 21.6 Å². The highest BCUT2D eigenvalue weighted by Gasteiger charge is 2.14. The van der Waals surface area contributed by atoms with Crippen molar-refractivity contribution in [1.29, 1.82) is 0 Å². The fourth-order valence-corrected chi connectivity index (χ4v) is 4.16. The topological polar surface area (TPSA) is 51.2 Å². The number of amides is 1. The first-order valence-electron chi connectivity index (χ1n) is 8.74. The number of aromatic nitrogens is 1. The van der Waals surface area contributed by atoms with Crippen LogP contribution in [-0.2, 0) is 5.75 Å². The number of benzene rings is 2. The van der Waals surface area contributed by atoms with Gasteiger partial charge >= 0.3 is 0 Å². The van der Waals surface area contributed by atoms with Gasteiger partial charge in [0.1, 0.15) is 0 Å². The number of carbonyl (C=O) groups is 1. The normalized spacial score (nSPS) is 11.9. The summed E-state index contributed by atoms with van der Waals surface area (Å²) in [5.74, 6) is 0.340. The molecule has 146 valence electrons. The van der Waals surface area contributed by atoms with E-state index in [4.69, 9.17) is 4.74 Å². The van der Waals surface area contributed by atoms with E-state index in [1.807, 2.05) is 26.0 Å². The molecule has 1 aromatic heterocycles. The second-order valence-electron chi connectivity index (χ2n) is 6.26. The third-order valence-corrected chi connectivity index (χ3v) is 6.06. The summed E-state index contributed by atoms with van der Waals surface area (Å²) in [4.78, 5) is 18.0. The van der Waals surface area contributed by atoms with Crippen molar-refractivity contribution >= 4 is 29.0 Å². The van der Waals surface area contributed by atoms with E-state index < -0.39 is 5.82 Å². The second-order valence-corrected chi connectivity index (χ2v) is 8.37. The van der Waals surface area contributed by atoms with Gasteiger partial charge in [-0.2, -0.15) is 0 Å². The number of hydrogen-bond donors (Lipinski definition) is 1. The Bertz CT molecular complexity index is 957. The molecule has 0 aliphatic rings. The molecule has 0 spiro atoms. The highest BCUT2D eigenvalue weighted by molar-refractivity contribution is 7.98. The molecule has 0 aliphatic carbocycles. The first kappa shape index (κ1) is 20.4. The molecular formula is C21H21FN2O2S2. The Balaban J connectivity index is 1.58. The van der Waals surface area contributed by atoms with Crippen LogP contribution in [0, 0.1) is 12.7 Å². The van der Waals surface area contributed by atoms with Gasteiger partial charge in [0.05, 0.1) is 23.9 Å². The number of carbonyl (C=O) groups excluding carboxylic acids is 1. The van der Waals surface area contributed by atoms with E-state index in [1.54, 1.807) is 47.4 Å². The predicted octanol–water partition coefficient (Wildman–Crippen LogP) is 5.38. The maximum Gasteiger partial charge on any atom is 0.251 e. The average molecular weight is 417 g/mol. The third-order valence-electron chi connectivity index (χ3n) is 4.19. The number of halogens is 1. The van der Waals surface area contributed by atoms with Gasteiger partial charge in [0.25, 0.3) is 5.91 Å². The minimum Gasteiger partial charge on any atom is -0.494 e. The van der Waals surface area contributed by atoms with Crippen LogP contribution in [0.2, 0.25) is 0 Å². The number of aryl methyl sites for hydroxylation is 1. The zero-order chi connectivity index (χ0) is 20.1. The summed E-state index contributed by atoms with van der Waals surface area (Å²) < 4.78 is 18.8. The molecule has 1 heterocycles. The molecule has 4 nitrogen and oxygen atoms in total. The minimum atomic E-state index is -0.446. The molecule has 0 fully saturated rings. The van der Waals surface area contributed by atoms with E-state index >= 15 is 0 Å². The van der Waals surface area contributed by atoms with E-state index in [-0.39, 0.29) is 17.7 Å². The summed E-state index contributed by atoms with van der Waals surface area (Å²) in [6, 6.07) is 11.8. The maximum absolute atomic E-state index is 13.9. The number of nitrogens with one attached hydrogen (secondary N) is 1. The zero-order valence-electron chi connectivity index (χ0n) is 15.9. The van der Waals surface area contributed by atoms with Gasteiger partial charge in [0.15, 0.2) is 11.6 Å². The summed E-state index contributed by atoms with van der Waals surface area (Å²) in [5, 5.41) is 6.02. The van der Waals surface area contributed by atoms with Crippen molar-refractivity contribution in [1.82, 2.24) is 10.3 Å². The molecule has 2 aromatic carbocycles. The largest absolute Gasteiger partial charge is 0.494 e. The van der Waals surface area contributed by atoms with E-state index in [1.165, 1.54) is 13.2 Å². The first-order valence-corrected chi connectivity index (χ1v) is 10.6. The lowest BCUT2D eigenvalue weighted by molar-refractivity contribution is 0.0939. The number of nitrogens with zero attached hydrogens (tertiary/aromatic N) is 1. The second kappa shape index (κ2) is 9.21. The number of thiazole rings is 1. The highest BCUT2D eigenvalue weighted by atomic mass is 32.2. The fraction of sp³-hybridized carbons (Fsp3) is 0.238. The van der Waals surface area contributed by atoms with Gasteiger partial charge in [-0.05, 0) is 55.8 Å². The molecule has 0 radical (unpaired) electrons. The average Bonchev–Trinajstić information content (AvgIpc) is 3.11. The van der Waals surface area contributed by atoms with Gasteiger partial charge in [-0.25, -0.2) is 9.37 Å². The van der Waals surface area contributed by atoms with Crippen molar-refractivity contribution < 1.29 is 13.9 Å². The van der Waals surface area contributed by atoms with Crippen molar-refractivity contribution in [2.45, 2.75) is 30.5 Å². The van der Waals surface area contributed by atoms with Crippen LogP contribution in [0.15, 0.2) is 52.7 Å². The van der Waals surface area contributed by atoms with Crippen LogP contribution >= 0.6 is 23.1 Å². The van der Waals surface area contributed by atoms with Gasteiger partial charge in [-0.15, -0.1) is 23.1 Å². The SMILES string of the molecule is COc1ccc([C@@H](C)NC(=O)c2ccc(SCc3csc(C)n3)cc2)cc1F. The van der Waals surface area contributed by atoms with Crippen LogP contribution in [0.1, 0.15) is 39.6 Å². The Hall–Kier alpha value is -2.38. The Morgan fingerprint density at radius 1 is 1.29 bits per heavy atom. The van der Waals surface area contributed by atoms with Crippen LogP contribution in [0.25, 0.3) is 0 Å². The van der Waals surface area contributed by atoms with Gasteiger partial charge in [-0.3, -0.25) is 4.79 Å². The highest BCUT2D eigenvalue weighted by Crippen LogP contribution is 2.25. The Morgan fingerprint density at radius 2 is 2.04 bits per heavy atom. The number of hydrogen-bond acceptors (Lipinski definition) is 5. The molecule has 3 rings (SSSR count). The van der Waals surface area contributed by atoms with Gasteiger partial charge < -0.3 is 10.1 Å². The molecule has 0 unspecified atom stereocenters. The van der Waals surface area contributed by atoms with Crippen molar-refractivity contribution in [3.8, 4) is 5.75 Å². The smallest absolute Gasteiger partial charge is 0.251 e. The molecule has 0 aliphatic heterocycles. The van der Waals surface area contributed by atoms with Crippen molar-refractivity contribution in [2.75, 3.05) is 7.11 Å². The molecular weight excluding hydrogens is 395 g/mol. The van der Waals surface area contributed by atoms with Crippen molar-refractivity contribution in [3.63, 3.8) is 0 Å². The minimum absolute atomic E-state index is 0.183. The van der Waals surface area contributed by atoms with Gasteiger partial charge in [-0.1, -0.05) is 6.07 Å².